The van der Waals surface area contributed by atoms with Gasteiger partial charge in [0.05, 0.1) is 12.7 Å². The van der Waals surface area contributed by atoms with Crippen LogP contribution in [0.3, 0.4) is 0 Å². The Morgan fingerprint density at radius 2 is 1.96 bits per heavy atom. The van der Waals surface area contributed by atoms with Crippen molar-refractivity contribution in [2.45, 2.75) is 19.4 Å². The zero-order chi connectivity index (χ0) is 16.7. The number of aryl methyl sites for hydroxylation is 1. The van der Waals surface area contributed by atoms with Crippen molar-refractivity contribution in [1.82, 2.24) is 5.32 Å². The average molecular weight is 378 g/mol. The minimum Gasteiger partial charge on any atom is -0.496 e. The van der Waals surface area contributed by atoms with E-state index in [9.17, 15) is 4.79 Å². The molecule has 2 aromatic rings. The molecule has 0 heterocycles. The number of nitrogens with one attached hydrogen (secondary N) is 1. The zero-order valence-electron chi connectivity index (χ0n) is 13.0. The van der Waals surface area contributed by atoms with Crippen molar-refractivity contribution in [1.29, 1.82) is 0 Å². The third-order valence-electron chi connectivity index (χ3n) is 3.58. The molecule has 2 N–H and O–H groups in total. The Labute approximate surface area is 144 Å². The van der Waals surface area contributed by atoms with Gasteiger partial charge in [0.15, 0.2) is 0 Å². The Balaban J connectivity index is 1.74. The van der Waals surface area contributed by atoms with Crippen LogP contribution in [0.4, 0.5) is 0 Å². The summed E-state index contributed by atoms with van der Waals surface area (Å²) in [5.74, 6) is 0.0107. The van der Waals surface area contributed by atoms with Crippen molar-refractivity contribution in [3.05, 3.63) is 63.6 Å². The number of rotatable bonds is 8. The number of aromatic carboxylic acids is 1. The molecule has 0 saturated heterocycles. The molecule has 0 aliphatic carbocycles. The van der Waals surface area contributed by atoms with Gasteiger partial charge in [-0.3, -0.25) is 0 Å². The number of hydrogen-bond donors (Lipinski definition) is 2. The van der Waals surface area contributed by atoms with Crippen LogP contribution in [-0.2, 0) is 13.0 Å². The lowest BCUT2D eigenvalue weighted by atomic mass is 10.1. The third kappa shape index (κ3) is 5.37. The number of hydrogen-bond acceptors (Lipinski definition) is 3. The van der Waals surface area contributed by atoms with Gasteiger partial charge in [-0.2, -0.15) is 0 Å². The molecule has 0 unspecified atom stereocenters. The Morgan fingerprint density at radius 3 is 2.61 bits per heavy atom. The Morgan fingerprint density at radius 1 is 1.22 bits per heavy atom. The highest BCUT2D eigenvalue weighted by Crippen LogP contribution is 2.24. The molecule has 0 aliphatic heterocycles. The van der Waals surface area contributed by atoms with Crippen molar-refractivity contribution >= 4 is 21.9 Å². The molecular weight excluding hydrogens is 358 g/mol. The van der Waals surface area contributed by atoms with Crippen molar-refractivity contribution in [3.63, 3.8) is 0 Å². The van der Waals surface area contributed by atoms with Crippen molar-refractivity contribution < 1.29 is 14.6 Å². The number of carboxylic acid groups (broad SMARTS) is 1. The van der Waals surface area contributed by atoms with E-state index in [2.05, 4.69) is 27.3 Å². The minimum absolute atomic E-state index is 0.316. The van der Waals surface area contributed by atoms with Crippen LogP contribution in [0.25, 0.3) is 0 Å². The first-order valence-corrected chi connectivity index (χ1v) is 8.25. The lowest BCUT2D eigenvalue weighted by molar-refractivity contribution is 0.0697. The van der Waals surface area contributed by atoms with E-state index in [4.69, 9.17) is 9.84 Å². The van der Waals surface area contributed by atoms with Crippen LogP contribution >= 0.6 is 15.9 Å². The second-order valence-electron chi connectivity index (χ2n) is 5.24. The summed E-state index contributed by atoms with van der Waals surface area (Å²) in [6.45, 7) is 1.62. The summed E-state index contributed by atoms with van der Waals surface area (Å²) in [6.07, 6.45) is 1.95. The van der Waals surface area contributed by atoms with Crippen LogP contribution in [0, 0.1) is 0 Å². The second-order valence-corrected chi connectivity index (χ2v) is 6.15. The highest BCUT2D eigenvalue weighted by atomic mass is 79.9. The van der Waals surface area contributed by atoms with E-state index in [-0.39, 0.29) is 0 Å². The molecule has 0 saturated carbocycles. The van der Waals surface area contributed by atoms with Crippen LogP contribution in [-0.4, -0.2) is 24.7 Å². The first-order valence-electron chi connectivity index (χ1n) is 7.45. The maximum atomic E-state index is 10.8. The second kappa shape index (κ2) is 8.70. The SMILES string of the molecule is COc1cc(Br)ccc1CCCNCc1ccc(C(=O)O)cc1. The Kier molecular flexibility index (Phi) is 6.62. The molecule has 0 atom stereocenters. The molecule has 23 heavy (non-hydrogen) atoms. The van der Waals surface area contributed by atoms with E-state index in [0.29, 0.717) is 5.56 Å². The van der Waals surface area contributed by atoms with Gasteiger partial charge in [-0.25, -0.2) is 4.79 Å². The van der Waals surface area contributed by atoms with E-state index in [0.717, 1.165) is 41.7 Å². The Bertz CT molecular complexity index is 656. The zero-order valence-corrected chi connectivity index (χ0v) is 14.6. The van der Waals surface area contributed by atoms with Crippen LogP contribution in [0.1, 0.15) is 27.9 Å². The van der Waals surface area contributed by atoms with Gasteiger partial charge in [-0.05, 0) is 54.8 Å². The number of halogens is 1. The highest BCUT2D eigenvalue weighted by Gasteiger charge is 2.04. The molecule has 122 valence electrons. The predicted octanol–water partition coefficient (Wildman–Crippen LogP) is 3.88. The van der Waals surface area contributed by atoms with Crippen LogP contribution in [0.2, 0.25) is 0 Å². The van der Waals surface area contributed by atoms with Gasteiger partial charge < -0.3 is 15.2 Å². The topological polar surface area (TPSA) is 58.6 Å². The molecule has 2 aromatic carbocycles. The quantitative estimate of drug-likeness (QED) is 0.685. The fourth-order valence-electron chi connectivity index (χ4n) is 2.33. The number of benzene rings is 2. The summed E-state index contributed by atoms with van der Waals surface area (Å²) in [5.41, 5.74) is 2.59. The van der Waals surface area contributed by atoms with Crippen molar-refractivity contribution in [2.75, 3.05) is 13.7 Å². The maximum absolute atomic E-state index is 10.8. The summed E-state index contributed by atoms with van der Waals surface area (Å²) in [5, 5.41) is 12.2. The number of methoxy groups -OCH3 is 1. The standard InChI is InChI=1S/C18H20BrNO3/c1-23-17-11-16(19)9-8-14(17)3-2-10-20-12-13-4-6-15(7-5-13)18(21)22/h4-9,11,20H,2-3,10,12H2,1H3,(H,21,22). The smallest absolute Gasteiger partial charge is 0.335 e. The van der Waals surface area contributed by atoms with Crippen molar-refractivity contribution in [3.8, 4) is 5.75 Å². The average Bonchev–Trinajstić information content (AvgIpc) is 2.56. The number of ether oxygens (including phenoxy) is 1. The molecule has 0 spiro atoms. The number of carbonyl (C=O) groups is 1. The van der Waals surface area contributed by atoms with E-state index < -0.39 is 5.97 Å². The molecule has 0 bridgehead atoms. The lowest BCUT2D eigenvalue weighted by Gasteiger charge is -2.09. The first kappa shape index (κ1) is 17.5. The van der Waals surface area contributed by atoms with Gasteiger partial charge in [0.2, 0.25) is 0 Å². The number of carboxylic acids is 1. The van der Waals surface area contributed by atoms with Gasteiger partial charge in [0.25, 0.3) is 0 Å². The molecule has 0 amide bonds. The first-order chi connectivity index (χ1) is 11.1. The van der Waals surface area contributed by atoms with E-state index >= 15 is 0 Å². The van der Waals surface area contributed by atoms with Gasteiger partial charge in [0, 0.05) is 11.0 Å². The lowest BCUT2D eigenvalue weighted by Crippen LogP contribution is -2.15. The highest BCUT2D eigenvalue weighted by molar-refractivity contribution is 9.10. The van der Waals surface area contributed by atoms with Gasteiger partial charge >= 0.3 is 5.97 Å². The largest absolute Gasteiger partial charge is 0.496 e. The molecule has 0 radical (unpaired) electrons. The van der Waals surface area contributed by atoms with Crippen LogP contribution < -0.4 is 10.1 Å². The Hall–Kier alpha value is -1.85. The molecule has 2 rings (SSSR count). The van der Waals surface area contributed by atoms with E-state index in [1.807, 2.05) is 24.3 Å². The summed E-state index contributed by atoms with van der Waals surface area (Å²) in [7, 11) is 1.68. The molecule has 0 fully saturated rings. The summed E-state index contributed by atoms with van der Waals surface area (Å²) in [6, 6.07) is 13.0. The fraction of sp³-hybridized carbons (Fsp3) is 0.278. The summed E-state index contributed by atoms with van der Waals surface area (Å²) >= 11 is 3.44. The molecular formula is C18H20BrNO3. The van der Waals surface area contributed by atoms with Gasteiger partial charge in [-0.15, -0.1) is 0 Å². The summed E-state index contributed by atoms with van der Waals surface area (Å²) < 4.78 is 6.40. The van der Waals surface area contributed by atoms with Gasteiger partial charge in [0.1, 0.15) is 5.75 Å². The van der Waals surface area contributed by atoms with E-state index in [1.165, 1.54) is 5.56 Å². The van der Waals surface area contributed by atoms with Crippen LogP contribution in [0.5, 0.6) is 5.75 Å². The monoisotopic (exact) mass is 377 g/mol. The maximum Gasteiger partial charge on any atom is 0.335 e. The van der Waals surface area contributed by atoms with Crippen molar-refractivity contribution in [2.24, 2.45) is 0 Å². The molecule has 5 heteroatoms. The molecule has 0 aliphatic rings. The minimum atomic E-state index is -0.895. The predicted molar refractivity (Wildman–Crippen MR) is 94.1 cm³/mol. The van der Waals surface area contributed by atoms with Gasteiger partial charge in [-0.1, -0.05) is 34.1 Å². The fourth-order valence-corrected chi connectivity index (χ4v) is 2.67. The van der Waals surface area contributed by atoms with E-state index in [1.54, 1.807) is 19.2 Å². The van der Waals surface area contributed by atoms with Crippen LogP contribution in [0.15, 0.2) is 46.9 Å². The molecule has 4 nitrogen and oxygen atoms in total. The third-order valence-corrected chi connectivity index (χ3v) is 4.07. The normalized spacial score (nSPS) is 10.5. The summed E-state index contributed by atoms with van der Waals surface area (Å²) in [4.78, 5) is 10.8. The molecule has 0 aromatic heterocycles.